The molecule has 0 amide bonds. The Morgan fingerprint density at radius 3 is 2.29 bits per heavy atom. The van der Waals surface area contributed by atoms with Crippen molar-refractivity contribution in [3.8, 4) is 0 Å². The van der Waals surface area contributed by atoms with Crippen LogP contribution in [-0.4, -0.2) is 21.9 Å². The maximum atomic E-state index is 6.67. The molecule has 0 saturated heterocycles. The van der Waals surface area contributed by atoms with Crippen LogP contribution in [0.2, 0.25) is 10.0 Å². The van der Waals surface area contributed by atoms with Gasteiger partial charge in [0.25, 0.3) is 0 Å². The Hall–Kier alpha value is -1.17. The normalized spacial score (nSPS) is 13.4. The van der Waals surface area contributed by atoms with Gasteiger partial charge in [-0.3, -0.25) is 0 Å². The Morgan fingerprint density at radius 1 is 0.964 bits per heavy atom. The zero-order valence-electron chi connectivity index (χ0n) is 15.2. The number of halogens is 3. The second-order valence-electron chi connectivity index (χ2n) is 6.23. The molecule has 3 aromatic rings. The minimum absolute atomic E-state index is 0.281. The molecule has 0 bridgehead atoms. The molecule has 0 N–H and O–H groups in total. The molecule has 0 aliphatic carbocycles. The summed E-state index contributed by atoms with van der Waals surface area (Å²) in [6.45, 7) is 0.631. The number of unbranched alkanes of at least 4 members (excludes halogenated alkanes) is 1. The summed E-state index contributed by atoms with van der Waals surface area (Å²) in [5.74, 6) is 1.03. The van der Waals surface area contributed by atoms with E-state index in [1.807, 2.05) is 71.1 Å². The third kappa shape index (κ3) is 6.43. The Kier molecular flexibility index (Phi) is 8.56. The summed E-state index contributed by atoms with van der Waals surface area (Å²) >= 11 is 20.4. The zero-order valence-corrected chi connectivity index (χ0v) is 18.3. The van der Waals surface area contributed by atoms with Gasteiger partial charge >= 0.3 is 0 Å². The highest BCUT2D eigenvalue weighted by Crippen LogP contribution is 2.34. The van der Waals surface area contributed by atoms with Gasteiger partial charge in [-0.2, -0.15) is 0 Å². The van der Waals surface area contributed by atoms with Gasteiger partial charge in [-0.05, 0) is 60.6 Å². The Balaban J connectivity index is 1.50. The van der Waals surface area contributed by atoms with Crippen LogP contribution in [0.3, 0.4) is 0 Å². The molecule has 2 atom stereocenters. The van der Waals surface area contributed by atoms with Crippen molar-refractivity contribution in [1.29, 1.82) is 0 Å². The van der Waals surface area contributed by atoms with Gasteiger partial charge < -0.3 is 9.30 Å². The molecule has 2 aromatic carbocycles. The Bertz CT molecular complexity index is 826. The van der Waals surface area contributed by atoms with Crippen molar-refractivity contribution in [1.82, 2.24) is 9.55 Å². The predicted molar refractivity (Wildman–Crippen MR) is 119 cm³/mol. The maximum Gasteiger partial charge on any atom is 0.139 e. The van der Waals surface area contributed by atoms with E-state index in [9.17, 15) is 0 Å². The van der Waals surface area contributed by atoms with Crippen molar-refractivity contribution in [2.24, 2.45) is 0 Å². The predicted octanol–water partition coefficient (Wildman–Crippen LogP) is 7.26. The Morgan fingerprint density at radius 2 is 1.64 bits per heavy atom. The van der Waals surface area contributed by atoms with Gasteiger partial charge in [-0.15, -0.1) is 11.8 Å². The number of benzene rings is 2. The number of ether oxygens (including phenoxy) is 1. The molecule has 0 aliphatic heterocycles. The SMILES string of the molecule is Clc1ccc(SCCCCOC(c2ccc(Cl)cc2)C(Cl)n2ccnc2)cc1. The zero-order chi connectivity index (χ0) is 19.8. The van der Waals surface area contributed by atoms with Crippen molar-refractivity contribution < 1.29 is 4.74 Å². The monoisotopic (exact) mass is 454 g/mol. The first-order valence-corrected chi connectivity index (χ1v) is 11.2. The van der Waals surface area contributed by atoms with Crippen LogP contribution in [0.25, 0.3) is 0 Å². The summed E-state index contributed by atoms with van der Waals surface area (Å²) in [5.41, 5.74) is 0.612. The molecular formula is C21H21Cl3N2OS. The molecule has 3 nitrogen and oxygen atoms in total. The molecule has 28 heavy (non-hydrogen) atoms. The van der Waals surface area contributed by atoms with E-state index in [4.69, 9.17) is 39.5 Å². The first-order chi connectivity index (χ1) is 13.6. The molecule has 1 heterocycles. The highest BCUT2D eigenvalue weighted by Gasteiger charge is 2.23. The van der Waals surface area contributed by atoms with Crippen LogP contribution < -0.4 is 0 Å². The average molecular weight is 456 g/mol. The van der Waals surface area contributed by atoms with Gasteiger partial charge in [0.05, 0.1) is 6.33 Å². The highest BCUT2D eigenvalue weighted by molar-refractivity contribution is 7.99. The highest BCUT2D eigenvalue weighted by atomic mass is 35.5. The maximum absolute atomic E-state index is 6.67. The van der Waals surface area contributed by atoms with Gasteiger partial charge in [0.2, 0.25) is 0 Å². The molecule has 148 valence electrons. The molecule has 0 saturated carbocycles. The van der Waals surface area contributed by atoms with Gasteiger partial charge in [0, 0.05) is 33.9 Å². The smallest absolute Gasteiger partial charge is 0.139 e. The molecular weight excluding hydrogens is 435 g/mol. The first kappa shape index (κ1) is 21.5. The summed E-state index contributed by atoms with van der Waals surface area (Å²) in [5, 5.41) is 1.45. The van der Waals surface area contributed by atoms with E-state index in [0.717, 1.165) is 29.2 Å². The van der Waals surface area contributed by atoms with E-state index in [0.29, 0.717) is 11.6 Å². The van der Waals surface area contributed by atoms with Crippen molar-refractivity contribution in [3.05, 3.63) is 82.9 Å². The Labute approximate surface area is 185 Å². The van der Waals surface area contributed by atoms with Crippen LogP contribution in [0.5, 0.6) is 0 Å². The minimum atomic E-state index is -0.382. The van der Waals surface area contributed by atoms with Crippen molar-refractivity contribution in [2.45, 2.75) is 29.3 Å². The number of nitrogens with zero attached hydrogens (tertiary/aromatic N) is 2. The largest absolute Gasteiger partial charge is 0.370 e. The minimum Gasteiger partial charge on any atom is -0.370 e. The lowest BCUT2D eigenvalue weighted by Crippen LogP contribution is -2.16. The number of imidazole rings is 1. The number of hydrogen-bond acceptors (Lipinski definition) is 3. The molecule has 7 heteroatoms. The van der Waals surface area contributed by atoms with E-state index in [2.05, 4.69) is 4.98 Å². The lowest BCUT2D eigenvalue weighted by molar-refractivity contribution is 0.0343. The van der Waals surface area contributed by atoms with Gasteiger partial charge in [0.15, 0.2) is 0 Å². The van der Waals surface area contributed by atoms with Crippen LogP contribution in [0, 0.1) is 0 Å². The fourth-order valence-corrected chi connectivity index (χ4v) is 4.19. The van der Waals surface area contributed by atoms with Crippen LogP contribution in [0.15, 0.2) is 72.1 Å². The summed E-state index contributed by atoms with van der Waals surface area (Å²) in [7, 11) is 0. The van der Waals surface area contributed by atoms with E-state index in [1.165, 1.54) is 4.90 Å². The number of thioether (sulfide) groups is 1. The third-order valence-electron chi connectivity index (χ3n) is 4.18. The lowest BCUT2D eigenvalue weighted by Gasteiger charge is -2.24. The summed E-state index contributed by atoms with van der Waals surface area (Å²) in [4.78, 5) is 5.31. The number of alkyl halides is 1. The van der Waals surface area contributed by atoms with E-state index < -0.39 is 0 Å². The molecule has 1 aromatic heterocycles. The summed E-state index contributed by atoms with van der Waals surface area (Å²) in [6.07, 6.45) is 6.98. The van der Waals surface area contributed by atoms with E-state index in [-0.39, 0.29) is 11.6 Å². The molecule has 0 radical (unpaired) electrons. The topological polar surface area (TPSA) is 27.1 Å². The van der Waals surface area contributed by atoms with Crippen LogP contribution in [0.4, 0.5) is 0 Å². The van der Waals surface area contributed by atoms with Crippen molar-refractivity contribution in [2.75, 3.05) is 12.4 Å². The number of hydrogen-bond donors (Lipinski definition) is 0. The van der Waals surface area contributed by atoms with Crippen LogP contribution in [0.1, 0.15) is 30.0 Å². The van der Waals surface area contributed by atoms with Crippen molar-refractivity contribution >= 4 is 46.6 Å². The van der Waals surface area contributed by atoms with Gasteiger partial charge in [-0.1, -0.05) is 46.9 Å². The molecule has 0 fully saturated rings. The first-order valence-electron chi connectivity index (χ1n) is 9.00. The van der Waals surface area contributed by atoms with Crippen LogP contribution in [-0.2, 0) is 4.74 Å². The summed E-state index contributed by atoms with van der Waals surface area (Å²) in [6, 6.07) is 15.5. The molecule has 3 rings (SSSR count). The van der Waals surface area contributed by atoms with Crippen molar-refractivity contribution in [3.63, 3.8) is 0 Å². The molecule has 2 unspecified atom stereocenters. The van der Waals surface area contributed by atoms with Gasteiger partial charge in [-0.25, -0.2) is 4.98 Å². The quantitative estimate of drug-likeness (QED) is 0.183. The summed E-state index contributed by atoms with van der Waals surface area (Å²) < 4.78 is 8.02. The standard InChI is InChI=1S/C21H21Cl3N2OS/c22-17-5-3-16(4-6-17)20(21(24)26-12-11-25-15-26)27-13-1-2-14-28-19-9-7-18(23)8-10-19/h3-12,15,20-21H,1-2,13-14H2. The van der Waals surface area contributed by atoms with Crippen LogP contribution >= 0.6 is 46.6 Å². The fraction of sp³-hybridized carbons (Fsp3) is 0.286. The molecule has 0 aliphatic rings. The van der Waals surface area contributed by atoms with E-state index >= 15 is 0 Å². The molecule has 0 spiro atoms. The second-order valence-corrected chi connectivity index (χ2v) is 8.72. The average Bonchev–Trinajstić information content (AvgIpc) is 3.24. The number of rotatable bonds is 10. The van der Waals surface area contributed by atoms with Gasteiger partial charge in [0.1, 0.15) is 11.6 Å². The fourth-order valence-electron chi connectivity index (χ4n) is 2.69. The van der Waals surface area contributed by atoms with E-state index in [1.54, 1.807) is 12.5 Å². The number of aromatic nitrogens is 2. The lowest BCUT2D eigenvalue weighted by atomic mass is 10.1. The third-order valence-corrected chi connectivity index (χ3v) is 6.23. The second kappa shape index (κ2) is 11.1.